The summed E-state index contributed by atoms with van der Waals surface area (Å²) in [6, 6.07) is 0. The van der Waals surface area contributed by atoms with Crippen molar-refractivity contribution >= 4 is 11.9 Å². The maximum Gasteiger partial charge on any atom is 0.310 e. The van der Waals surface area contributed by atoms with Crippen molar-refractivity contribution in [3.8, 4) is 0 Å². The van der Waals surface area contributed by atoms with Crippen molar-refractivity contribution in [2.24, 2.45) is 17.8 Å². The highest BCUT2D eigenvalue weighted by atomic mass is 19.3. The Hall–Kier alpha value is -1.27. The second-order valence-corrected chi connectivity index (χ2v) is 6.86. The van der Waals surface area contributed by atoms with E-state index in [1.165, 1.54) is 0 Å². The Morgan fingerprint density at radius 2 is 1.86 bits per heavy atom. The first-order chi connectivity index (χ1) is 9.97. The summed E-state index contributed by atoms with van der Waals surface area (Å²) in [7, 11) is 0. The molecule has 0 aromatic rings. The monoisotopic (exact) mass is 324 g/mol. The van der Waals surface area contributed by atoms with Gasteiger partial charge in [0.25, 0.3) is 0 Å². The number of halogens is 3. The van der Waals surface area contributed by atoms with Crippen molar-refractivity contribution in [1.82, 2.24) is 0 Å². The van der Waals surface area contributed by atoms with E-state index in [9.17, 15) is 27.9 Å². The number of carboxylic acid groups (broad SMARTS) is 1. The van der Waals surface area contributed by atoms with Gasteiger partial charge in [-0.25, -0.2) is 8.78 Å². The summed E-state index contributed by atoms with van der Waals surface area (Å²) in [6.07, 6.45) is -1.16. The minimum absolute atomic E-state index is 0.0284. The lowest BCUT2D eigenvalue weighted by Gasteiger charge is -2.41. The Kier molecular flexibility index (Phi) is 5.87. The van der Waals surface area contributed by atoms with Crippen molar-refractivity contribution in [2.45, 2.75) is 58.0 Å². The van der Waals surface area contributed by atoms with Crippen LogP contribution in [0.15, 0.2) is 0 Å². The Morgan fingerprint density at radius 3 is 2.23 bits per heavy atom. The van der Waals surface area contributed by atoms with Crippen LogP contribution in [0.3, 0.4) is 0 Å². The zero-order valence-corrected chi connectivity index (χ0v) is 13.1. The lowest BCUT2D eigenvalue weighted by atomic mass is 9.67. The Bertz CT molecular complexity index is 410. The number of ether oxygens (including phenoxy) is 1. The molecule has 2 atom stereocenters. The van der Waals surface area contributed by atoms with E-state index in [4.69, 9.17) is 4.74 Å². The van der Waals surface area contributed by atoms with Crippen molar-refractivity contribution in [3.63, 3.8) is 0 Å². The summed E-state index contributed by atoms with van der Waals surface area (Å²) in [5, 5.41) is 9.30. The third-order valence-corrected chi connectivity index (χ3v) is 3.71. The lowest BCUT2D eigenvalue weighted by Crippen LogP contribution is -2.48. The Labute approximate surface area is 128 Å². The fourth-order valence-electron chi connectivity index (χ4n) is 2.77. The molecule has 0 bridgehead atoms. The van der Waals surface area contributed by atoms with E-state index >= 15 is 0 Å². The van der Waals surface area contributed by atoms with Gasteiger partial charge in [-0.15, -0.1) is 0 Å². The number of carbonyl (C=O) groups excluding carboxylic acids is 1. The average molecular weight is 324 g/mol. The zero-order valence-electron chi connectivity index (χ0n) is 13.1. The first kappa shape index (κ1) is 18.8. The fourth-order valence-corrected chi connectivity index (χ4v) is 2.77. The van der Waals surface area contributed by atoms with Crippen LogP contribution in [0.25, 0.3) is 0 Å². The first-order valence-corrected chi connectivity index (χ1v) is 7.36. The van der Waals surface area contributed by atoms with E-state index in [0.29, 0.717) is 0 Å². The molecule has 22 heavy (non-hydrogen) atoms. The summed E-state index contributed by atoms with van der Waals surface area (Å²) in [6.45, 7) is 4.14. The third kappa shape index (κ3) is 5.18. The molecular formula is C15H23F3O4. The number of hydrogen-bond donors (Lipinski definition) is 1. The number of rotatable bonds is 7. The maximum atomic E-state index is 13.1. The quantitative estimate of drug-likeness (QED) is 0.729. The van der Waals surface area contributed by atoms with Crippen LogP contribution in [0.2, 0.25) is 0 Å². The van der Waals surface area contributed by atoms with Crippen LogP contribution < -0.4 is 0 Å². The molecule has 0 saturated heterocycles. The van der Waals surface area contributed by atoms with Crippen molar-refractivity contribution in [1.29, 1.82) is 0 Å². The number of alkyl halides is 3. The van der Waals surface area contributed by atoms with Crippen LogP contribution in [0, 0.1) is 17.8 Å². The first-order valence-electron chi connectivity index (χ1n) is 7.36. The highest BCUT2D eigenvalue weighted by molar-refractivity contribution is 5.81. The molecule has 1 unspecified atom stereocenters. The van der Waals surface area contributed by atoms with E-state index in [1.54, 1.807) is 20.8 Å². The van der Waals surface area contributed by atoms with Crippen LogP contribution in [0.1, 0.15) is 46.5 Å². The fraction of sp³-hybridized carbons (Fsp3) is 0.867. The summed E-state index contributed by atoms with van der Waals surface area (Å²) >= 11 is 0. The van der Waals surface area contributed by atoms with Crippen LogP contribution in [0.5, 0.6) is 0 Å². The summed E-state index contributed by atoms with van der Waals surface area (Å²) < 4.78 is 43.8. The lowest BCUT2D eigenvalue weighted by molar-refractivity contribution is -0.183. The third-order valence-electron chi connectivity index (χ3n) is 3.71. The number of hydrogen-bond acceptors (Lipinski definition) is 3. The van der Waals surface area contributed by atoms with E-state index in [1.807, 2.05) is 0 Å². The molecule has 1 saturated carbocycles. The molecule has 128 valence electrons. The van der Waals surface area contributed by atoms with Gasteiger partial charge in [-0.05, 0) is 39.5 Å². The Morgan fingerprint density at radius 1 is 1.32 bits per heavy atom. The molecule has 1 fully saturated rings. The van der Waals surface area contributed by atoms with Gasteiger partial charge in [0.15, 0.2) is 0 Å². The summed E-state index contributed by atoms with van der Waals surface area (Å²) in [5.74, 6) is -8.05. The largest absolute Gasteiger partial charge is 0.481 e. The molecule has 0 heterocycles. The standard InChI is InChI=1S/C15H23F3O4/c1-14(2,3)22-13(21)11(9-7-15(17,18)8-9)10(12(19)20)5-4-6-16/h9-11H,4-8H2,1-3H3,(H,19,20)/t10-,11?/m1/s1. The number of carbonyl (C=O) groups is 2. The van der Waals surface area contributed by atoms with Gasteiger partial charge in [0.1, 0.15) is 5.60 Å². The molecule has 1 aliphatic carbocycles. The molecule has 0 amide bonds. The van der Waals surface area contributed by atoms with Gasteiger partial charge in [0.2, 0.25) is 5.92 Å². The van der Waals surface area contributed by atoms with Crippen LogP contribution in [0.4, 0.5) is 13.2 Å². The van der Waals surface area contributed by atoms with E-state index in [0.717, 1.165) is 0 Å². The van der Waals surface area contributed by atoms with Crippen LogP contribution >= 0.6 is 0 Å². The van der Waals surface area contributed by atoms with Gasteiger partial charge in [0, 0.05) is 12.8 Å². The predicted octanol–water partition coefficient (Wildman–Crippen LogP) is 3.44. The molecular weight excluding hydrogens is 301 g/mol. The molecule has 0 aliphatic heterocycles. The Balaban J connectivity index is 2.94. The maximum absolute atomic E-state index is 13.1. The SMILES string of the molecule is CC(C)(C)OC(=O)C(C1CC(F)(F)C1)[C@@H](CCCF)C(=O)O. The van der Waals surface area contributed by atoms with Crippen molar-refractivity contribution in [2.75, 3.05) is 6.67 Å². The average Bonchev–Trinajstić information content (AvgIpc) is 2.28. The molecule has 1 rings (SSSR count). The zero-order chi connectivity index (χ0) is 17.1. The minimum Gasteiger partial charge on any atom is -0.481 e. The molecule has 0 aromatic carbocycles. The van der Waals surface area contributed by atoms with E-state index in [2.05, 4.69) is 0 Å². The molecule has 0 spiro atoms. The second kappa shape index (κ2) is 6.87. The van der Waals surface area contributed by atoms with Gasteiger partial charge >= 0.3 is 11.9 Å². The van der Waals surface area contributed by atoms with Crippen molar-refractivity contribution in [3.05, 3.63) is 0 Å². The molecule has 0 radical (unpaired) electrons. The van der Waals surface area contributed by atoms with Crippen LogP contribution in [-0.4, -0.2) is 35.2 Å². The van der Waals surface area contributed by atoms with Crippen LogP contribution in [-0.2, 0) is 14.3 Å². The molecule has 1 N–H and O–H groups in total. The highest BCUT2D eigenvalue weighted by Gasteiger charge is 2.54. The minimum atomic E-state index is -2.87. The molecule has 0 aromatic heterocycles. The second-order valence-electron chi connectivity index (χ2n) is 6.86. The molecule has 7 heteroatoms. The number of aliphatic carboxylic acids is 1. The van der Waals surface area contributed by atoms with Gasteiger partial charge < -0.3 is 9.84 Å². The number of esters is 1. The topological polar surface area (TPSA) is 63.6 Å². The smallest absolute Gasteiger partial charge is 0.310 e. The highest BCUT2D eigenvalue weighted by Crippen LogP contribution is 2.49. The van der Waals surface area contributed by atoms with E-state index < -0.39 is 60.7 Å². The normalized spacial score (nSPS) is 20.8. The van der Waals surface area contributed by atoms with Gasteiger partial charge in [-0.3, -0.25) is 14.0 Å². The molecule has 1 aliphatic rings. The van der Waals surface area contributed by atoms with Gasteiger partial charge in [0.05, 0.1) is 18.5 Å². The molecule has 4 nitrogen and oxygen atoms in total. The van der Waals surface area contributed by atoms with E-state index in [-0.39, 0.29) is 12.8 Å². The van der Waals surface area contributed by atoms with Crippen molar-refractivity contribution < 1.29 is 32.6 Å². The van der Waals surface area contributed by atoms with Gasteiger partial charge in [-0.2, -0.15) is 0 Å². The predicted molar refractivity (Wildman–Crippen MR) is 73.3 cm³/mol. The summed E-state index contributed by atoms with van der Waals surface area (Å²) in [4.78, 5) is 23.7. The number of carboxylic acids is 1. The summed E-state index contributed by atoms with van der Waals surface area (Å²) in [5.41, 5.74) is -0.843. The van der Waals surface area contributed by atoms with Gasteiger partial charge in [-0.1, -0.05) is 0 Å².